The number of ether oxygens (including phenoxy) is 1. The number of furan rings is 1. The smallest absolute Gasteiger partial charge is 0.318 e. The molecule has 0 radical (unpaired) electrons. The monoisotopic (exact) mass is 429 g/mol. The number of benzene rings is 1. The summed E-state index contributed by atoms with van der Waals surface area (Å²) in [5, 5.41) is 10.7. The Labute approximate surface area is 178 Å². The van der Waals surface area contributed by atoms with Crippen LogP contribution >= 0.6 is 11.8 Å². The molecule has 0 fully saturated rings. The van der Waals surface area contributed by atoms with Crippen LogP contribution in [-0.2, 0) is 11.3 Å². The van der Waals surface area contributed by atoms with E-state index in [-0.39, 0.29) is 5.92 Å². The zero-order valence-corrected chi connectivity index (χ0v) is 17.7. The van der Waals surface area contributed by atoms with E-state index < -0.39 is 17.2 Å². The van der Waals surface area contributed by atoms with Gasteiger partial charge in [0.2, 0.25) is 5.91 Å². The van der Waals surface area contributed by atoms with Crippen molar-refractivity contribution in [3.63, 3.8) is 0 Å². The van der Waals surface area contributed by atoms with E-state index in [1.807, 2.05) is 48.7 Å². The summed E-state index contributed by atoms with van der Waals surface area (Å²) >= 11 is 1.22. The van der Waals surface area contributed by atoms with Gasteiger partial charge in [0.1, 0.15) is 11.5 Å². The van der Waals surface area contributed by atoms with E-state index in [4.69, 9.17) is 14.9 Å². The van der Waals surface area contributed by atoms with Gasteiger partial charge >= 0.3 is 6.03 Å². The molecule has 3 aromatic rings. The van der Waals surface area contributed by atoms with E-state index in [0.29, 0.717) is 29.0 Å². The summed E-state index contributed by atoms with van der Waals surface area (Å²) in [6, 6.07) is 10.2. The summed E-state index contributed by atoms with van der Waals surface area (Å²) in [4.78, 5) is 23.6. The largest absolute Gasteiger partial charge is 0.497 e. The molecule has 1 aromatic carbocycles. The quantitative estimate of drug-likeness (QED) is 0.527. The third kappa shape index (κ3) is 5.01. The average molecular weight is 430 g/mol. The third-order valence-electron chi connectivity index (χ3n) is 4.28. The van der Waals surface area contributed by atoms with E-state index >= 15 is 0 Å². The highest BCUT2D eigenvalue weighted by molar-refractivity contribution is 8.00. The Morgan fingerprint density at radius 3 is 2.70 bits per heavy atom. The van der Waals surface area contributed by atoms with Crippen molar-refractivity contribution in [2.45, 2.75) is 30.8 Å². The molecule has 2 aromatic heterocycles. The number of amides is 3. The molecule has 3 rings (SSSR count). The number of thioether (sulfide) groups is 1. The Hall–Kier alpha value is -3.27. The number of urea groups is 1. The summed E-state index contributed by atoms with van der Waals surface area (Å²) in [5.41, 5.74) is 5.92. The molecular formula is C20H23N5O4S. The van der Waals surface area contributed by atoms with Crippen LogP contribution in [0.5, 0.6) is 5.75 Å². The molecule has 0 aliphatic heterocycles. The van der Waals surface area contributed by atoms with Gasteiger partial charge in [0, 0.05) is 5.56 Å². The van der Waals surface area contributed by atoms with E-state index in [2.05, 4.69) is 15.5 Å². The lowest BCUT2D eigenvalue weighted by atomic mass is 10.1. The van der Waals surface area contributed by atoms with Crippen molar-refractivity contribution < 1.29 is 18.7 Å². The highest BCUT2D eigenvalue weighted by Crippen LogP contribution is 2.32. The Balaban J connectivity index is 2.00. The highest BCUT2D eigenvalue weighted by Gasteiger charge is 2.28. The first-order chi connectivity index (χ1) is 14.4. The maximum Gasteiger partial charge on any atom is 0.318 e. The molecule has 158 valence electrons. The number of nitrogens with zero attached hydrogens (tertiary/aromatic N) is 3. The van der Waals surface area contributed by atoms with Crippen molar-refractivity contribution in [2.75, 3.05) is 7.11 Å². The zero-order valence-electron chi connectivity index (χ0n) is 16.9. The van der Waals surface area contributed by atoms with Gasteiger partial charge in [-0.1, -0.05) is 37.7 Å². The number of hydrogen-bond acceptors (Lipinski definition) is 7. The molecule has 0 spiro atoms. The molecule has 3 N–H and O–H groups in total. The second kappa shape index (κ2) is 9.49. The number of rotatable bonds is 8. The SMILES string of the molecule is COc1cccc(-c2nnc(SC(C(=O)NC(N)=O)C(C)C)n2Cc2ccco2)c1. The number of carbonyl (C=O) groups is 2. The Morgan fingerprint density at radius 2 is 2.07 bits per heavy atom. The lowest BCUT2D eigenvalue weighted by Gasteiger charge is -2.19. The predicted molar refractivity (Wildman–Crippen MR) is 112 cm³/mol. The fraction of sp³-hybridized carbons (Fsp3) is 0.300. The van der Waals surface area contributed by atoms with Crippen LogP contribution in [0.4, 0.5) is 4.79 Å². The molecule has 1 atom stereocenters. The van der Waals surface area contributed by atoms with Gasteiger partial charge in [0.15, 0.2) is 11.0 Å². The molecule has 30 heavy (non-hydrogen) atoms. The normalized spacial score (nSPS) is 12.0. The van der Waals surface area contributed by atoms with Crippen LogP contribution in [0.2, 0.25) is 0 Å². The van der Waals surface area contributed by atoms with Crippen molar-refractivity contribution in [2.24, 2.45) is 11.7 Å². The van der Waals surface area contributed by atoms with Crippen LogP contribution in [0.15, 0.2) is 52.2 Å². The van der Waals surface area contributed by atoms with Gasteiger partial charge in [0.05, 0.1) is 25.2 Å². The van der Waals surface area contributed by atoms with Crippen molar-refractivity contribution in [1.82, 2.24) is 20.1 Å². The number of methoxy groups -OCH3 is 1. The average Bonchev–Trinajstić information content (AvgIpc) is 3.35. The van der Waals surface area contributed by atoms with Crippen molar-refractivity contribution in [1.29, 1.82) is 0 Å². The summed E-state index contributed by atoms with van der Waals surface area (Å²) in [7, 11) is 1.60. The second-order valence-electron chi connectivity index (χ2n) is 6.84. The van der Waals surface area contributed by atoms with Gasteiger partial charge in [-0.3, -0.25) is 14.7 Å². The number of primary amides is 1. The number of hydrogen-bond donors (Lipinski definition) is 2. The molecule has 1 unspecified atom stereocenters. The minimum absolute atomic E-state index is 0.0802. The Kier molecular flexibility index (Phi) is 6.78. The number of aromatic nitrogens is 3. The molecule has 0 saturated heterocycles. The van der Waals surface area contributed by atoms with Crippen LogP contribution in [0.25, 0.3) is 11.4 Å². The molecule has 0 bridgehead atoms. The molecule has 10 heteroatoms. The predicted octanol–water partition coefficient (Wildman–Crippen LogP) is 2.91. The summed E-state index contributed by atoms with van der Waals surface area (Å²) in [6.45, 7) is 4.14. The molecule has 0 aliphatic rings. The zero-order chi connectivity index (χ0) is 21.7. The lowest BCUT2D eigenvalue weighted by Crippen LogP contribution is -2.42. The van der Waals surface area contributed by atoms with E-state index in [1.54, 1.807) is 19.4 Å². The van der Waals surface area contributed by atoms with Crippen molar-refractivity contribution in [3.8, 4) is 17.1 Å². The fourth-order valence-electron chi connectivity index (χ4n) is 2.85. The van der Waals surface area contributed by atoms with Gasteiger partial charge in [-0.25, -0.2) is 4.79 Å². The van der Waals surface area contributed by atoms with Gasteiger partial charge in [-0.2, -0.15) is 0 Å². The van der Waals surface area contributed by atoms with Gasteiger partial charge in [-0.05, 0) is 30.2 Å². The minimum Gasteiger partial charge on any atom is -0.497 e. The number of imide groups is 1. The second-order valence-corrected chi connectivity index (χ2v) is 7.95. The van der Waals surface area contributed by atoms with Crippen LogP contribution in [0, 0.1) is 5.92 Å². The summed E-state index contributed by atoms with van der Waals surface area (Å²) < 4.78 is 12.7. The van der Waals surface area contributed by atoms with Gasteiger partial charge in [-0.15, -0.1) is 10.2 Å². The van der Waals surface area contributed by atoms with Crippen LogP contribution in [-0.4, -0.2) is 39.1 Å². The molecule has 0 aliphatic carbocycles. The molecule has 2 heterocycles. The maximum absolute atomic E-state index is 12.5. The molecule has 9 nitrogen and oxygen atoms in total. The number of nitrogens with one attached hydrogen (secondary N) is 1. The van der Waals surface area contributed by atoms with Gasteiger partial charge < -0.3 is 14.9 Å². The maximum atomic E-state index is 12.5. The van der Waals surface area contributed by atoms with Crippen molar-refractivity contribution >= 4 is 23.7 Å². The van der Waals surface area contributed by atoms with E-state index in [0.717, 1.165) is 5.56 Å². The number of nitrogens with two attached hydrogens (primary N) is 1. The number of carbonyl (C=O) groups excluding carboxylic acids is 2. The minimum atomic E-state index is -0.889. The first-order valence-corrected chi connectivity index (χ1v) is 10.1. The van der Waals surface area contributed by atoms with Crippen molar-refractivity contribution in [3.05, 3.63) is 48.4 Å². The fourth-order valence-corrected chi connectivity index (χ4v) is 3.88. The molecular weight excluding hydrogens is 406 g/mol. The first-order valence-electron chi connectivity index (χ1n) is 9.26. The van der Waals surface area contributed by atoms with E-state index in [1.165, 1.54) is 11.8 Å². The third-order valence-corrected chi connectivity index (χ3v) is 5.81. The van der Waals surface area contributed by atoms with Crippen LogP contribution < -0.4 is 15.8 Å². The topological polar surface area (TPSA) is 125 Å². The highest BCUT2D eigenvalue weighted by atomic mass is 32.2. The summed E-state index contributed by atoms with van der Waals surface area (Å²) in [5.74, 6) is 1.45. The Bertz CT molecular complexity index is 1020. The standard InChI is InChI=1S/C20H23N5O4S/c1-12(2)16(18(26)22-19(21)27)30-20-24-23-17(13-6-4-7-14(10-13)28-3)25(20)11-15-8-5-9-29-15/h4-10,12,16H,11H2,1-3H3,(H3,21,22,26,27). The lowest BCUT2D eigenvalue weighted by molar-refractivity contribution is -0.120. The van der Waals surface area contributed by atoms with Crippen LogP contribution in [0.1, 0.15) is 19.6 Å². The molecule has 0 saturated carbocycles. The van der Waals surface area contributed by atoms with E-state index in [9.17, 15) is 9.59 Å². The summed E-state index contributed by atoms with van der Waals surface area (Å²) in [6.07, 6.45) is 1.59. The van der Waals surface area contributed by atoms with Gasteiger partial charge in [0.25, 0.3) is 0 Å². The first kappa shape index (κ1) is 21.4. The molecule has 3 amide bonds. The van der Waals surface area contributed by atoms with Crippen LogP contribution in [0.3, 0.4) is 0 Å². The Morgan fingerprint density at radius 1 is 1.27 bits per heavy atom.